The first-order chi connectivity index (χ1) is 20.8. The van der Waals surface area contributed by atoms with Gasteiger partial charge >= 0.3 is 0 Å². The molecule has 0 atom stereocenters. The van der Waals surface area contributed by atoms with Crippen LogP contribution in [-0.2, 0) is 6.42 Å². The van der Waals surface area contributed by atoms with Gasteiger partial charge in [-0.25, -0.2) is 15.0 Å². The molecule has 1 aliphatic rings. The standard InChI is InChI=1S/C39H27N3/c1-4-16-31-26(10-1)13-7-19-32(31)29-22-24-30(25-23-29)37-40-38(35-20-8-14-27-11-2-5-17-33(27)35)42-39(41-37)36-21-9-15-28-12-3-6-18-34(28)36/h1-5,7-17,19-25H,6,18H2. The van der Waals surface area contributed by atoms with Crippen LogP contribution in [0.3, 0.4) is 0 Å². The molecular weight excluding hydrogens is 510 g/mol. The molecule has 1 heterocycles. The molecule has 0 radical (unpaired) electrons. The Morgan fingerprint density at radius 1 is 0.429 bits per heavy atom. The van der Waals surface area contributed by atoms with Gasteiger partial charge < -0.3 is 0 Å². The highest BCUT2D eigenvalue weighted by Crippen LogP contribution is 2.34. The van der Waals surface area contributed by atoms with Gasteiger partial charge in [0.15, 0.2) is 17.5 Å². The van der Waals surface area contributed by atoms with Gasteiger partial charge in [0.2, 0.25) is 0 Å². The quantitative estimate of drug-likeness (QED) is 0.224. The van der Waals surface area contributed by atoms with Gasteiger partial charge in [-0.05, 0) is 56.6 Å². The van der Waals surface area contributed by atoms with Gasteiger partial charge in [-0.2, -0.15) is 0 Å². The summed E-state index contributed by atoms with van der Waals surface area (Å²) in [5.41, 5.74) is 7.98. The normalized spacial score (nSPS) is 12.5. The molecule has 6 aromatic carbocycles. The Balaban J connectivity index is 1.30. The van der Waals surface area contributed by atoms with Crippen LogP contribution in [0.2, 0.25) is 0 Å². The fourth-order valence-corrected chi connectivity index (χ4v) is 6.13. The molecule has 8 rings (SSSR count). The van der Waals surface area contributed by atoms with Crippen molar-refractivity contribution in [2.45, 2.75) is 12.8 Å². The Morgan fingerprint density at radius 3 is 1.74 bits per heavy atom. The lowest BCUT2D eigenvalue weighted by molar-refractivity contribution is 0.978. The van der Waals surface area contributed by atoms with Gasteiger partial charge in [-0.15, -0.1) is 0 Å². The van der Waals surface area contributed by atoms with Crippen molar-refractivity contribution in [2.24, 2.45) is 0 Å². The summed E-state index contributed by atoms with van der Waals surface area (Å²) < 4.78 is 0. The van der Waals surface area contributed by atoms with E-state index in [-0.39, 0.29) is 0 Å². The van der Waals surface area contributed by atoms with Crippen LogP contribution in [0.15, 0.2) is 133 Å². The van der Waals surface area contributed by atoms with E-state index in [1.165, 1.54) is 38.4 Å². The molecule has 0 saturated heterocycles. The molecule has 7 aromatic rings. The number of aromatic nitrogens is 3. The Morgan fingerprint density at radius 2 is 0.976 bits per heavy atom. The van der Waals surface area contributed by atoms with Crippen LogP contribution in [0.5, 0.6) is 0 Å². The van der Waals surface area contributed by atoms with Crippen LogP contribution in [0, 0.1) is 0 Å². The first kappa shape index (κ1) is 24.4. The van der Waals surface area contributed by atoms with Crippen LogP contribution in [0.25, 0.3) is 72.9 Å². The highest BCUT2D eigenvalue weighted by atomic mass is 15.0. The molecule has 0 aliphatic heterocycles. The van der Waals surface area contributed by atoms with Crippen molar-refractivity contribution in [1.82, 2.24) is 15.0 Å². The van der Waals surface area contributed by atoms with Crippen LogP contribution >= 0.6 is 0 Å². The second kappa shape index (κ2) is 10.2. The third kappa shape index (κ3) is 4.27. The summed E-state index contributed by atoms with van der Waals surface area (Å²) >= 11 is 0. The van der Waals surface area contributed by atoms with E-state index >= 15 is 0 Å². The lowest BCUT2D eigenvalue weighted by Gasteiger charge is -2.16. The molecule has 0 unspecified atom stereocenters. The van der Waals surface area contributed by atoms with E-state index < -0.39 is 0 Å². The number of hydrogen-bond donors (Lipinski definition) is 0. The molecule has 0 saturated carbocycles. The largest absolute Gasteiger partial charge is 0.208 e. The van der Waals surface area contributed by atoms with Crippen molar-refractivity contribution >= 4 is 27.6 Å². The van der Waals surface area contributed by atoms with Crippen molar-refractivity contribution in [2.75, 3.05) is 0 Å². The smallest absolute Gasteiger partial charge is 0.164 e. The van der Waals surface area contributed by atoms with Crippen molar-refractivity contribution in [3.05, 3.63) is 145 Å². The minimum Gasteiger partial charge on any atom is -0.208 e. The highest BCUT2D eigenvalue weighted by Gasteiger charge is 2.18. The van der Waals surface area contributed by atoms with E-state index in [1.807, 2.05) is 0 Å². The van der Waals surface area contributed by atoms with E-state index in [0.717, 1.165) is 34.9 Å². The van der Waals surface area contributed by atoms with Crippen molar-refractivity contribution < 1.29 is 0 Å². The minimum atomic E-state index is 0.677. The third-order valence-corrected chi connectivity index (χ3v) is 8.22. The first-order valence-corrected chi connectivity index (χ1v) is 14.4. The molecule has 198 valence electrons. The molecule has 3 heteroatoms. The van der Waals surface area contributed by atoms with Crippen LogP contribution in [0.1, 0.15) is 17.5 Å². The third-order valence-electron chi connectivity index (χ3n) is 8.22. The maximum atomic E-state index is 5.11. The van der Waals surface area contributed by atoms with E-state index in [0.29, 0.717) is 17.5 Å². The number of allylic oxidation sites excluding steroid dienone is 1. The lowest BCUT2D eigenvalue weighted by Crippen LogP contribution is -2.04. The van der Waals surface area contributed by atoms with Gasteiger partial charge in [0, 0.05) is 16.7 Å². The fourth-order valence-electron chi connectivity index (χ4n) is 6.13. The van der Waals surface area contributed by atoms with E-state index in [2.05, 4.69) is 140 Å². The molecule has 0 amide bonds. The zero-order valence-corrected chi connectivity index (χ0v) is 23.0. The summed E-state index contributed by atoms with van der Waals surface area (Å²) in [6, 6.07) is 44.8. The Hall–Kier alpha value is -5.41. The second-order valence-corrected chi connectivity index (χ2v) is 10.8. The number of benzene rings is 6. The zero-order chi connectivity index (χ0) is 27.9. The topological polar surface area (TPSA) is 38.7 Å². The summed E-state index contributed by atoms with van der Waals surface area (Å²) in [6.07, 6.45) is 6.45. The van der Waals surface area contributed by atoms with Gasteiger partial charge in [0.25, 0.3) is 0 Å². The van der Waals surface area contributed by atoms with E-state index in [1.54, 1.807) is 0 Å². The zero-order valence-electron chi connectivity index (χ0n) is 23.0. The van der Waals surface area contributed by atoms with Crippen molar-refractivity contribution in [3.8, 4) is 45.3 Å². The SMILES string of the molecule is C1=Cc2cccc(-c3nc(-c4ccc(-c5cccc6ccccc56)cc4)nc(-c4cccc5ccccc45)n3)c2CC1. The predicted molar refractivity (Wildman–Crippen MR) is 174 cm³/mol. The maximum absolute atomic E-state index is 5.11. The van der Waals surface area contributed by atoms with Crippen LogP contribution in [-0.4, -0.2) is 15.0 Å². The molecule has 0 fully saturated rings. The fraction of sp³-hybridized carbons (Fsp3) is 0.0513. The second-order valence-electron chi connectivity index (χ2n) is 10.8. The van der Waals surface area contributed by atoms with Gasteiger partial charge in [0.05, 0.1) is 0 Å². The molecule has 1 aromatic heterocycles. The molecular formula is C39H27N3. The monoisotopic (exact) mass is 537 g/mol. The molecule has 0 N–H and O–H groups in total. The average Bonchev–Trinajstić information content (AvgIpc) is 3.07. The molecule has 3 nitrogen and oxygen atoms in total. The van der Waals surface area contributed by atoms with Crippen molar-refractivity contribution in [1.29, 1.82) is 0 Å². The number of fused-ring (bicyclic) bond motifs is 3. The summed E-state index contributed by atoms with van der Waals surface area (Å²) in [7, 11) is 0. The highest BCUT2D eigenvalue weighted by molar-refractivity contribution is 5.97. The summed E-state index contributed by atoms with van der Waals surface area (Å²) in [6.45, 7) is 0. The van der Waals surface area contributed by atoms with Gasteiger partial charge in [-0.3, -0.25) is 0 Å². The Kier molecular flexibility index (Phi) is 5.93. The summed E-state index contributed by atoms with van der Waals surface area (Å²) in [5, 5.41) is 4.78. The molecule has 42 heavy (non-hydrogen) atoms. The average molecular weight is 538 g/mol. The van der Waals surface area contributed by atoms with Gasteiger partial charge in [0.1, 0.15) is 0 Å². The van der Waals surface area contributed by atoms with E-state index in [4.69, 9.17) is 15.0 Å². The first-order valence-electron chi connectivity index (χ1n) is 14.4. The van der Waals surface area contributed by atoms with Crippen LogP contribution < -0.4 is 0 Å². The van der Waals surface area contributed by atoms with Gasteiger partial charge in [-0.1, -0.05) is 140 Å². The van der Waals surface area contributed by atoms with E-state index in [9.17, 15) is 0 Å². The predicted octanol–water partition coefficient (Wildman–Crippen LogP) is 9.81. The van der Waals surface area contributed by atoms with Crippen molar-refractivity contribution in [3.63, 3.8) is 0 Å². The lowest BCUT2D eigenvalue weighted by atomic mass is 9.92. The maximum Gasteiger partial charge on any atom is 0.164 e. The molecule has 0 bridgehead atoms. The number of nitrogens with zero attached hydrogens (tertiary/aromatic N) is 3. The number of rotatable bonds is 4. The minimum absolute atomic E-state index is 0.677. The molecule has 1 aliphatic carbocycles. The summed E-state index contributed by atoms with van der Waals surface area (Å²) in [5.74, 6) is 2.08. The van der Waals surface area contributed by atoms with Crippen LogP contribution in [0.4, 0.5) is 0 Å². The summed E-state index contributed by atoms with van der Waals surface area (Å²) in [4.78, 5) is 15.3. The number of hydrogen-bond acceptors (Lipinski definition) is 3. The Bertz CT molecular complexity index is 2130. The Labute approximate surface area is 244 Å². The molecule has 0 spiro atoms.